The van der Waals surface area contributed by atoms with Gasteiger partial charge in [-0.1, -0.05) is 0 Å². The molecule has 0 bridgehead atoms. The van der Waals surface area contributed by atoms with E-state index in [1.165, 1.54) is 0 Å². The molecule has 5 heteroatoms. The number of ether oxygens (including phenoxy) is 1. The fourth-order valence-electron chi connectivity index (χ4n) is 1.61. The van der Waals surface area contributed by atoms with Crippen molar-refractivity contribution in [2.75, 3.05) is 39.5 Å². The molecule has 2 N–H and O–H groups in total. The van der Waals surface area contributed by atoms with Gasteiger partial charge in [0.05, 0.1) is 26.4 Å². The Morgan fingerprint density at radius 3 is 2.93 bits per heavy atom. The maximum absolute atomic E-state index is 11.5. The molecule has 15 heavy (non-hydrogen) atoms. The molecular formula is C10H20N2O3. The Hall–Kier alpha value is -0.650. The number of carbonyl (C=O) groups is 1. The summed E-state index contributed by atoms with van der Waals surface area (Å²) >= 11 is 0. The van der Waals surface area contributed by atoms with Crippen molar-refractivity contribution in [3.05, 3.63) is 0 Å². The largest absolute Gasteiger partial charge is 0.395 e. The average molecular weight is 216 g/mol. The quantitative estimate of drug-likeness (QED) is 0.646. The minimum Gasteiger partial charge on any atom is -0.395 e. The second-order valence-electron chi connectivity index (χ2n) is 4.36. The number of carbonyl (C=O) groups excluding carboxylic acids is 1. The first-order valence-corrected chi connectivity index (χ1v) is 5.26. The van der Waals surface area contributed by atoms with Gasteiger partial charge in [-0.2, -0.15) is 0 Å². The van der Waals surface area contributed by atoms with E-state index in [-0.39, 0.29) is 18.1 Å². The number of aliphatic hydroxyl groups is 1. The lowest BCUT2D eigenvalue weighted by Gasteiger charge is -2.41. The molecule has 5 nitrogen and oxygen atoms in total. The van der Waals surface area contributed by atoms with Crippen molar-refractivity contribution in [3.8, 4) is 0 Å². The van der Waals surface area contributed by atoms with E-state index in [1.807, 2.05) is 0 Å². The summed E-state index contributed by atoms with van der Waals surface area (Å²) in [5, 5.41) is 11.2. The fraction of sp³-hybridized carbons (Fsp3) is 0.900. The number of amides is 1. The van der Waals surface area contributed by atoms with Gasteiger partial charge in [0.25, 0.3) is 0 Å². The first-order chi connectivity index (χ1) is 7.06. The van der Waals surface area contributed by atoms with E-state index >= 15 is 0 Å². The molecule has 0 aromatic heterocycles. The Morgan fingerprint density at radius 1 is 1.60 bits per heavy atom. The fourth-order valence-corrected chi connectivity index (χ4v) is 1.61. The molecule has 0 atom stereocenters. The SMILES string of the molecule is CC1(C)COCCN1CC(=O)NCCO. The van der Waals surface area contributed by atoms with Crippen LogP contribution in [0, 0.1) is 0 Å². The summed E-state index contributed by atoms with van der Waals surface area (Å²) in [5.41, 5.74) is -0.0885. The zero-order valence-electron chi connectivity index (χ0n) is 9.45. The van der Waals surface area contributed by atoms with Gasteiger partial charge >= 0.3 is 0 Å². The van der Waals surface area contributed by atoms with Crippen LogP contribution < -0.4 is 5.32 Å². The van der Waals surface area contributed by atoms with Crippen LogP contribution in [-0.2, 0) is 9.53 Å². The average Bonchev–Trinajstić information content (AvgIpc) is 2.18. The number of nitrogens with zero attached hydrogens (tertiary/aromatic N) is 1. The number of hydrogen-bond donors (Lipinski definition) is 2. The third-order valence-corrected chi connectivity index (χ3v) is 2.59. The monoisotopic (exact) mass is 216 g/mol. The lowest BCUT2D eigenvalue weighted by atomic mass is 10.0. The zero-order valence-corrected chi connectivity index (χ0v) is 9.45. The highest BCUT2D eigenvalue weighted by Gasteiger charge is 2.31. The number of hydrogen-bond acceptors (Lipinski definition) is 4. The third kappa shape index (κ3) is 3.77. The van der Waals surface area contributed by atoms with Gasteiger partial charge in [0.1, 0.15) is 0 Å². The summed E-state index contributed by atoms with van der Waals surface area (Å²) in [5.74, 6) is -0.0426. The molecule has 0 saturated carbocycles. The molecule has 88 valence electrons. The van der Waals surface area contributed by atoms with Crippen molar-refractivity contribution in [2.45, 2.75) is 19.4 Å². The van der Waals surface area contributed by atoms with Gasteiger partial charge in [0.15, 0.2) is 0 Å². The van der Waals surface area contributed by atoms with Gasteiger partial charge in [-0.15, -0.1) is 0 Å². The lowest BCUT2D eigenvalue weighted by Crippen LogP contribution is -2.55. The van der Waals surface area contributed by atoms with E-state index in [2.05, 4.69) is 24.1 Å². The number of morpholine rings is 1. The van der Waals surface area contributed by atoms with Crippen LogP contribution in [0.2, 0.25) is 0 Å². The smallest absolute Gasteiger partial charge is 0.234 e. The summed E-state index contributed by atoms with van der Waals surface area (Å²) < 4.78 is 5.36. The first-order valence-electron chi connectivity index (χ1n) is 5.26. The van der Waals surface area contributed by atoms with Gasteiger partial charge in [0, 0.05) is 18.6 Å². The van der Waals surface area contributed by atoms with Gasteiger partial charge in [-0.25, -0.2) is 0 Å². The summed E-state index contributed by atoms with van der Waals surface area (Å²) in [6, 6.07) is 0. The summed E-state index contributed by atoms with van der Waals surface area (Å²) in [7, 11) is 0. The van der Waals surface area contributed by atoms with E-state index in [1.54, 1.807) is 0 Å². The number of rotatable bonds is 4. The molecule has 1 rings (SSSR count). The highest BCUT2D eigenvalue weighted by molar-refractivity contribution is 5.78. The van der Waals surface area contributed by atoms with E-state index < -0.39 is 0 Å². The summed E-state index contributed by atoms with van der Waals surface area (Å²) in [4.78, 5) is 13.6. The Labute approximate surface area is 90.4 Å². The minimum atomic E-state index is -0.0885. The standard InChI is InChI=1S/C10H20N2O3/c1-10(2)8-15-6-4-12(10)7-9(14)11-3-5-13/h13H,3-8H2,1-2H3,(H,11,14). The molecule has 0 radical (unpaired) electrons. The van der Waals surface area contributed by atoms with Crippen molar-refractivity contribution in [3.63, 3.8) is 0 Å². The third-order valence-electron chi connectivity index (χ3n) is 2.59. The maximum atomic E-state index is 11.5. The van der Waals surface area contributed by atoms with Crippen LogP contribution in [0.4, 0.5) is 0 Å². The van der Waals surface area contributed by atoms with Gasteiger partial charge in [0.2, 0.25) is 5.91 Å². The van der Waals surface area contributed by atoms with E-state index in [0.29, 0.717) is 26.3 Å². The minimum absolute atomic E-state index is 0.0156. The zero-order chi connectivity index (χ0) is 11.3. The highest BCUT2D eigenvalue weighted by atomic mass is 16.5. The van der Waals surface area contributed by atoms with Crippen molar-refractivity contribution >= 4 is 5.91 Å². The van der Waals surface area contributed by atoms with E-state index in [4.69, 9.17) is 9.84 Å². The van der Waals surface area contributed by atoms with Crippen molar-refractivity contribution in [1.82, 2.24) is 10.2 Å². The highest BCUT2D eigenvalue weighted by Crippen LogP contribution is 2.17. The lowest BCUT2D eigenvalue weighted by molar-refractivity contribution is -0.127. The van der Waals surface area contributed by atoms with Gasteiger partial charge in [-0.3, -0.25) is 9.69 Å². The molecule has 1 heterocycles. The Kier molecular flexibility index (Phi) is 4.50. The Balaban J connectivity index is 2.38. The number of nitrogens with one attached hydrogen (secondary N) is 1. The van der Waals surface area contributed by atoms with Crippen molar-refractivity contribution in [1.29, 1.82) is 0 Å². The predicted molar refractivity (Wildman–Crippen MR) is 56.6 cm³/mol. The second kappa shape index (κ2) is 5.44. The topological polar surface area (TPSA) is 61.8 Å². The van der Waals surface area contributed by atoms with Crippen LogP contribution in [-0.4, -0.2) is 60.9 Å². The molecule has 1 saturated heterocycles. The molecule has 0 aromatic rings. The molecule has 0 aromatic carbocycles. The Morgan fingerprint density at radius 2 is 2.33 bits per heavy atom. The molecule has 0 spiro atoms. The van der Waals surface area contributed by atoms with Crippen LogP contribution in [0.3, 0.4) is 0 Å². The molecule has 1 amide bonds. The van der Waals surface area contributed by atoms with E-state index in [0.717, 1.165) is 6.54 Å². The number of aliphatic hydroxyl groups excluding tert-OH is 1. The van der Waals surface area contributed by atoms with Crippen molar-refractivity contribution < 1.29 is 14.6 Å². The maximum Gasteiger partial charge on any atom is 0.234 e. The normalized spacial score (nSPS) is 21.3. The van der Waals surface area contributed by atoms with Crippen LogP contribution in [0.25, 0.3) is 0 Å². The van der Waals surface area contributed by atoms with Crippen LogP contribution >= 0.6 is 0 Å². The molecule has 1 aliphatic rings. The van der Waals surface area contributed by atoms with Crippen LogP contribution in [0.1, 0.15) is 13.8 Å². The Bertz CT molecular complexity index is 219. The first kappa shape index (κ1) is 12.4. The predicted octanol–water partition coefficient (Wildman–Crippen LogP) is -0.794. The van der Waals surface area contributed by atoms with E-state index in [9.17, 15) is 4.79 Å². The molecular weight excluding hydrogens is 196 g/mol. The van der Waals surface area contributed by atoms with Crippen LogP contribution in [0.5, 0.6) is 0 Å². The van der Waals surface area contributed by atoms with Crippen LogP contribution in [0.15, 0.2) is 0 Å². The molecule has 0 aliphatic carbocycles. The molecule has 0 unspecified atom stereocenters. The second-order valence-corrected chi connectivity index (χ2v) is 4.36. The van der Waals surface area contributed by atoms with Gasteiger partial charge in [-0.05, 0) is 13.8 Å². The van der Waals surface area contributed by atoms with Gasteiger partial charge < -0.3 is 15.2 Å². The summed E-state index contributed by atoms with van der Waals surface area (Å²) in [6.07, 6.45) is 0. The molecule has 1 aliphatic heterocycles. The van der Waals surface area contributed by atoms with Crippen molar-refractivity contribution in [2.24, 2.45) is 0 Å². The summed E-state index contributed by atoms with van der Waals surface area (Å²) in [6.45, 7) is 6.91. The molecule has 1 fully saturated rings.